The van der Waals surface area contributed by atoms with E-state index in [-0.39, 0.29) is 28.3 Å². The Hall–Kier alpha value is -2.51. The van der Waals surface area contributed by atoms with Crippen LogP contribution in [-0.2, 0) is 32.5 Å². The lowest BCUT2D eigenvalue weighted by molar-refractivity contribution is -0.147. The molecule has 0 aromatic heterocycles. The summed E-state index contributed by atoms with van der Waals surface area (Å²) in [7, 11) is -3.76. The number of carbonyl (C=O) groups is 2. The van der Waals surface area contributed by atoms with E-state index < -0.39 is 16.0 Å². The van der Waals surface area contributed by atoms with Crippen LogP contribution in [-0.4, -0.2) is 37.6 Å². The molecular formula is C28H31NO5S. The number of carbonyl (C=O) groups excluding carboxylic acids is 2. The van der Waals surface area contributed by atoms with Crippen LogP contribution < -0.4 is 0 Å². The topological polar surface area (TPSA) is 80.8 Å². The van der Waals surface area contributed by atoms with Gasteiger partial charge in [-0.25, -0.2) is 13.2 Å². The molecule has 0 radical (unpaired) electrons. The van der Waals surface area contributed by atoms with Gasteiger partial charge in [-0.1, -0.05) is 30.3 Å². The fraction of sp³-hybridized carbons (Fsp3) is 0.500. The van der Waals surface area contributed by atoms with Gasteiger partial charge >= 0.3 is 5.97 Å². The first-order valence-electron chi connectivity index (χ1n) is 12.7. The van der Waals surface area contributed by atoms with Crippen LogP contribution >= 0.6 is 0 Å². The van der Waals surface area contributed by atoms with Crippen molar-refractivity contribution in [2.45, 2.75) is 56.4 Å². The Kier molecular flexibility index (Phi) is 5.60. The van der Waals surface area contributed by atoms with Crippen LogP contribution in [0.5, 0.6) is 0 Å². The highest BCUT2D eigenvalue weighted by atomic mass is 32.2. The van der Waals surface area contributed by atoms with Crippen molar-refractivity contribution in [2.24, 2.45) is 23.2 Å². The average Bonchev–Trinajstić information content (AvgIpc) is 2.86. The summed E-state index contributed by atoms with van der Waals surface area (Å²) in [6.07, 6.45) is 7.19. The molecule has 4 saturated carbocycles. The molecule has 4 fully saturated rings. The number of sulfonamides is 1. The van der Waals surface area contributed by atoms with E-state index in [1.807, 2.05) is 24.3 Å². The first-order chi connectivity index (χ1) is 16.8. The maximum atomic E-state index is 13.3. The molecule has 0 saturated heterocycles. The van der Waals surface area contributed by atoms with Crippen molar-refractivity contribution in [3.8, 4) is 0 Å². The summed E-state index contributed by atoms with van der Waals surface area (Å²) in [5.74, 6) is 1.32. The molecule has 0 spiro atoms. The van der Waals surface area contributed by atoms with Gasteiger partial charge in [-0.2, -0.15) is 4.31 Å². The Morgan fingerprint density at radius 3 is 2.26 bits per heavy atom. The zero-order valence-electron chi connectivity index (χ0n) is 19.8. The first-order valence-corrected chi connectivity index (χ1v) is 14.1. The van der Waals surface area contributed by atoms with Gasteiger partial charge in [0.15, 0.2) is 12.4 Å². The molecule has 6 nitrogen and oxygen atoms in total. The number of benzene rings is 2. The minimum atomic E-state index is -3.76. The molecule has 35 heavy (non-hydrogen) atoms. The number of hydrogen-bond donors (Lipinski definition) is 0. The quantitative estimate of drug-likeness (QED) is 0.558. The molecule has 7 heteroatoms. The Balaban J connectivity index is 1.14. The molecule has 184 valence electrons. The number of esters is 1. The van der Waals surface area contributed by atoms with Crippen molar-refractivity contribution in [3.63, 3.8) is 0 Å². The molecule has 4 aliphatic carbocycles. The molecule has 1 heterocycles. The average molecular weight is 494 g/mol. The molecule has 7 rings (SSSR count). The van der Waals surface area contributed by atoms with E-state index in [0.29, 0.717) is 37.3 Å². The van der Waals surface area contributed by atoms with E-state index in [9.17, 15) is 18.0 Å². The van der Waals surface area contributed by atoms with Crippen LogP contribution in [0, 0.1) is 23.2 Å². The normalized spacial score (nSPS) is 29.5. The van der Waals surface area contributed by atoms with Gasteiger partial charge in [0, 0.05) is 18.5 Å². The Bertz CT molecular complexity index is 1250. The summed E-state index contributed by atoms with van der Waals surface area (Å²) < 4.78 is 33.5. The van der Waals surface area contributed by atoms with Gasteiger partial charge in [0.1, 0.15) is 0 Å². The Morgan fingerprint density at radius 1 is 0.914 bits per heavy atom. The summed E-state index contributed by atoms with van der Waals surface area (Å²) in [5, 5.41) is 0. The van der Waals surface area contributed by atoms with Crippen LogP contribution in [0.1, 0.15) is 60.0 Å². The number of ether oxygens (including phenoxy) is 1. The lowest BCUT2D eigenvalue weighted by atomic mass is 9.48. The predicted octanol–water partition coefficient (Wildman–Crippen LogP) is 4.38. The lowest BCUT2D eigenvalue weighted by Crippen LogP contribution is -2.51. The minimum Gasteiger partial charge on any atom is -0.454 e. The molecule has 2 aromatic rings. The number of fused-ring (bicyclic) bond motifs is 1. The third-order valence-corrected chi connectivity index (χ3v) is 10.6. The molecule has 0 atom stereocenters. The van der Waals surface area contributed by atoms with E-state index in [0.717, 1.165) is 24.8 Å². The zero-order chi connectivity index (χ0) is 24.2. The van der Waals surface area contributed by atoms with Gasteiger partial charge in [0.2, 0.25) is 10.0 Å². The van der Waals surface area contributed by atoms with E-state index in [1.165, 1.54) is 41.3 Å². The van der Waals surface area contributed by atoms with Crippen molar-refractivity contribution in [1.82, 2.24) is 4.31 Å². The Morgan fingerprint density at radius 2 is 1.57 bits per heavy atom. The molecule has 5 aliphatic rings. The Labute approximate surface area is 206 Å². The predicted molar refractivity (Wildman–Crippen MR) is 130 cm³/mol. The molecule has 0 amide bonds. The van der Waals surface area contributed by atoms with Crippen LogP contribution in [0.2, 0.25) is 0 Å². The first kappa shape index (κ1) is 22.9. The number of hydrogen-bond acceptors (Lipinski definition) is 5. The molecule has 0 unspecified atom stereocenters. The molecule has 2 aromatic carbocycles. The number of Topliss-reactive ketones (excluding diaryl/α,β-unsaturated/α-hetero) is 1. The number of ketones is 1. The van der Waals surface area contributed by atoms with Gasteiger partial charge in [0.05, 0.1) is 10.5 Å². The maximum Gasteiger partial charge on any atom is 0.338 e. The minimum absolute atomic E-state index is 0.0423. The SMILES string of the molecule is O=C(OCC(=O)C12CC3CC(CC(C3)C1)C2)c1cccc(S(=O)(=O)N2CCc3ccccc3C2)c1. The van der Waals surface area contributed by atoms with Crippen LogP contribution in [0.15, 0.2) is 53.4 Å². The van der Waals surface area contributed by atoms with E-state index in [2.05, 4.69) is 0 Å². The number of rotatable bonds is 6. The van der Waals surface area contributed by atoms with Gasteiger partial charge in [-0.15, -0.1) is 0 Å². The fourth-order valence-electron chi connectivity index (χ4n) is 7.43. The van der Waals surface area contributed by atoms with Crippen molar-refractivity contribution in [3.05, 3.63) is 65.2 Å². The van der Waals surface area contributed by atoms with Gasteiger partial charge in [-0.3, -0.25) is 4.79 Å². The van der Waals surface area contributed by atoms with E-state index in [4.69, 9.17) is 4.74 Å². The third-order valence-electron chi connectivity index (χ3n) is 8.77. The summed E-state index contributed by atoms with van der Waals surface area (Å²) in [6.45, 7) is 0.477. The second-order valence-corrected chi connectivity index (χ2v) is 13.0. The molecule has 0 N–H and O–H groups in total. The standard InChI is InChI=1S/C28H31NO5S/c30-26(28-14-19-10-20(15-28)12-21(11-19)16-28)18-34-27(31)23-6-3-7-25(13-23)35(32,33)29-9-8-22-4-1-2-5-24(22)17-29/h1-7,13,19-21H,8-12,14-18H2. The summed E-state index contributed by atoms with van der Waals surface area (Å²) in [4.78, 5) is 26.1. The molecule has 4 bridgehead atoms. The van der Waals surface area contributed by atoms with E-state index >= 15 is 0 Å². The van der Waals surface area contributed by atoms with Gasteiger partial charge < -0.3 is 4.74 Å². The highest BCUT2D eigenvalue weighted by Gasteiger charge is 2.54. The van der Waals surface area contributed by atoms with Gasteiger partial charge in [0.25, 0.3) is 0 Å². The second-order valence-electron chi connectivity index (χ2n) is 11.1. The van der Waals surface area contributed by atoms with Crippen LogP contribution in [0.3, 0.4) is 0 Å². The molecule has 1 aliphatic heterocycles. The van der Waals surface area contributed by atoms with Crippen molar-refractivity contribution in [1.29, 1.82) is 0 Å². The summed E-state index contributed by atoms with van der Waals surface area (Å²) in [6, 6.07) is 13.8. The highest BCUT2D eigenvalue weighted by Crippen LogP contribution is 2.60. The lowest BCUT2D eigenvalue weighted by Gasteiger charge is -2.55. The maximum absolute atomic E-state index is 13.3. The monoisotopic (exact) mass is 493 g/mol. The summed E-state index contributed by atoms with van der Waals surface area (Å²) >= 11 is 0. The largest absolute Gasteiger partial charge is 0.454 e. The zero-order valence-corrected chi connectivity index (χ0v) is 20.6. The van der Waals surface area contributed by atoms with Crippen LogP contribution in [0.4, 0.5) is 0 Å². The van der Waals surface area contributed by atoms with Crippen molar-refractivity contribution >= 4 is 21.8 Å². The van der Waals surface area contributed by atoms with Crippen molar-refractivity contribution < 1.29 is 22.7 Å². The molecular weight excluding hydrogens is 462 g/mol. The highest BCUT2D eigenvalue weighted by molar-refractivity contribution is 7.89. The summed E-state index contributed by atoms with van der Waals surface area (Å²) in [5.41, 5.74) is 2.01. The van der Waals surface area contributed by atoms with Crippen molar-refractivity contribution in [2.75, 3.05) is 13.2 Å². The second kappa shape index (κ2) is 8.56. The smallest absolute Gasteiger partial charge is 0.338 e. The van der Waals surface area contributed by atoms with Gasteiger partial charge in [-0.05, 0) is 92.0 Å². The number of nitrogens with zero attached hydrogens (tertiary/aromatic N) is 1. The van der Waals surface area contributed by atoms with Crippen LogP contribution in [0.25, 0.3) is 0 Å². The van der Waals surface area contributed by atoms with E-state index in [1.54, 1.807) is 12.1 Å². The third kappa shape index (κ3) is 4.12. The fourth-order valence-corrected chi connectivity index (χ4v) is 8.89.